The Hall–Kier alpha value is -1.09. The molecule has 1 saturated heterocycles. The molecule has 78 valence electrons. The van der Waals surface area contributed by atoms with Gasteiger partial charge in [-0.1, -0.05) is 12.2 Å². The van der Waals surface area contributed by atoms with Gasteiger partial charge in [-0.15, -0.1) is 0 Å². The average molecular weight is 194 g/mol. The van der Waals surface area contributed by atoms with Gasteiger partial charge < -0.3 is 9.64 Å². The van der Waals surface area contributed by atoms with Crippen molar-refractivity contribution in [1.29, 1.82) is 0 Å². The Morgan fingerprint density at radius 2 is 2.00 bits per heavy atom. The Labute approximate surface area is 85.8 Å². The van der Waals surface area contributed by atoms with E-state index >= 15 is 0 Å². The lowest BCUT2D eigenvalue weighted by Crippen LogP contribution is -2.39. The van der Waals surface area contributed by atoms with E-state index in [9.17, 15) is 0 Å². The van der Waals surface area contributed by atoms with Crippen molar-refractivity contribution in [2.75, 3.05) is 26.3 Å². The minimum absolute atomic E-state index is 0.803. The lowest BCUT2D eigenvalue weighted by atomic mass is 10.3. The largest absolute Gasteiger partial charge is 0.378 e. The summed E-state index contributed by atoms with van der Waals surface area (Å²) in [6.07, 6.45) is 3.71. The second-order valence-electron chi connectivity index (χ2n) is 3.44. The molecule has 1 heterocycles. The molecule has 0 amide bonds. The number of nitrogens with zero attached hydrogens (tertiary/aromatic N) is 2. The summed E-state index contributed by atoms with van der Waals surface area (Å²) in [6, 6.07) is 0. The highest BCUT2D eigenvalue weighted by atomic mass is 16.5. The number of allylic oxidation sites excluding steroid dienone is 2. The van der Waals surface area contributed by atoms with E-state index in [2.05, 4.69) is 16.5 Å². The zero-order valence-electron chi connectivity index (χ0n) is 8.99. The summed E-state index contributed by atoms with van der Waals surface area (Å²) in [7, 11) is 0. The summed E-state index contributed by atoms with van der Waals surface area (Å²) in [6.45, 7) is 11.2. The molecule has 0 N–H and O–H groups in total. The van der Waals surface area contributed by atoms with Crippen LogP contribution in [0.15, 0.2) is 29.4 Å². The van der Waals surface area contributed by atoms with Crippen molar-refractivity contribution in [2.24, 2.45) is 4.99 Å². The monoisotopic (exact) mass is 194 g/mol. The molecule has 0 saturated carbocycles. The summed E-state index contributed by atoms with van der Waals surface area (Å²) >= 11 is 0. The molecule has 0 aromatic heterocycles. The third-order valence-corrected chi connectivity index (χ3v) is 2.09. The fourth-order valence-corrected chi connectivity index (χ4v) is 1.24. The van der Waals surface area contributed by atoms with E-state index < -0.39 is 0 Å². The van der Waals surface area contributed by atoms with E-state index in [1.165, 1.54) is 0 Å². The molecule has 0 aromatic carbocycles. The van der Waals surface area contributed by atoms with E-state index in [1.54, 1.807) is 6.20 Å². The van der Waals surface area contributed by atoms with Crippen LogP contribution in [0.4, 0.5) is 0 Å². The topological polar surface area (TPSA) is 24.8 Å². The van der Waals surface area contributed by atoms with Crippen LogP contribution in [-0.4, -0.2) is 37.0 Å². The molecule has 14 heavy (non-hydrogen) atoms. The first-order valence-corrected chi connectivity index (χ1v) is 4.89. The van der Waals surface area contributed by atoms with Crippen molar-refractivity contribution in [1.82, 2.24) is 4.90 Å². The molecule has 3 nitrogen and oxygen atoms in total. The SMILES string of the molecule is C=C(C)/C=C\N=C(C)N1CCOCC1. The molecule has 0 unspecified atom stereocenters. The van der Waals surface area contributed by atoms with Crippen LogP contribution in [0.3, 0.4) is 0 Å². The number of amidine groups is 1. The Kier molecular flexibility index (Phi) is 4.40. The highest BCUT2D eigenvalue weighted by Gasteiger charge is 2.10. The molecule has 1 aliphatic rings. The van der Waals surface area contributed by atoms with Crippen LogP contribution in [0, 0.1) is 0 Å². The van der Waals surface area contributed by atoms with Crippen molar-refractivity contribution in [3.8, 4) is 0 Å². The Bertz CT molecular complexity index is 250. The number of hydrogen-bond acceptors (Lipinski definition) is 2. The fourth-order valence-electron chi connectivity index (χ4n) is 1.24. The Balaban J connectivity index is 2.45. The quantitative estimate of drug-likeness (QED) is 0.380. The van der Waals surface area contributed by atoms with E-state index in [-0.39, 0.29) is 0 Å². The van der Waals surface area contributed by atoms with E-state index in [1.807, 2.05) is 19.9 Å². The molecule has 0 spiro atoms. The smallest absolute Gasteiger partial charge is 0.101 e. The van der Waals surface area contributed by atoms with Crippen LogP contribution < -0.4 is 0 Å². The maximum absolute atomic E-state index is 5.26. The molecule has 1 aliphatic heterocycles. The molecule has 0 bridgehead atoms. The average Bonchev–Trinajstić information content (AvgIpc) is 2.18. The molecule has 1 fully saturated rings. The van der Waals surface area contributed by atoms with Crippen molar-refractivity contribution in [3.05, 3.63) is 24.4 Å². The summed E-state index contributed by atoms with van der Waals surface area (Å²) in [5.41, 5.74) is 1.02. The molecule has 1 rings (SSSR count). The van der Waals surface area contributed by atoms with Crippen LogP contribution in [0.2, 0.25) is 0 Å². The van der Waals surface area contributed by atoms with Gasteiger partial charge in [-0.05, 0) is 19.9 Å². The lowest BCUT2D eigenvalue weighted by Gasteiger charge is -2.27. The number of ether oxygens (including phenoxy) is 1. The van der Waals surface area contributed by atoms with Crippen molar-refractivity contribution in [2.45, 2.75) is 13.8 Å². The molecular formula is C11H18N2O. The van der Waals surface area contributed by atoms with Gasteiger partial charge in [-0.3, -0.25) is 0 Å². The van der Waals surface area contributed by atoms with Gasteiger partial charge in [0, 0.05) is 19.3 Å². The number of aliphatic imine (C=N–C) groups is 1. The van der Waals surface area contributed by atoms with Crippen molar-refractivity contribution >= 4 is 5.84 Å². The third-order valence-electron chi connectivity index (χ3n) is 2.09. The van der Waals surface area contributed by atoms with E-state index in [0.29, 0.717) is 0 Å². The highest BCUT2D eigenvalue weighted by Crippen LogP contribution is 1.99. The molecule has 0 aromatic rings. The predicted octanol–water partition coefficient (Wildman–Crippen LogP) is 1.83. The zero-order chi connectivity index (χ0) is 10.4. The van der Waals surface area contributed by atoms with Gasteiger partial charge in [-0.2, -0.15) is 0 Å². The number of morpholine rings is 1. The molecule has 0 aliphatic carbocycles. The van der Waals surface area contributed by atoms with Gasteiger partial charge in [0.15, 0.2) is 0 Å². The van der Waals surface area contributed by atoms with Crippen LogP contribution in [-0.2, 0) is 4.74 Å². The van der Waals surface area contributed by atoms with Gasteiger partial charge in [0.05, 0.1) is 13.2 Å². The van der Waals surface area contributed by atoms with Crippen LogP contribution in [0.25, 0.3) is 0 Å². The molecule has 0 radical (unpaired) electrons. The van der Waals surface area contributed by atoms with Gasteiger partial charge >= 0.3 is 0 Å². The first kappa shape index (κ1) is 11.0. The molecule has 3 heteroatoms. The number of rotatable bonds is 2. The van der Waals surface area contributed by atoms with Crippen molar-refractivity contribution < 1.29 is 4.74 Å². The Morgan fingerprint density at radius 1 is 1.36 bits per heavy atom. The maximum atomic E-state index is 5.26. The lowest BCUT2D eigenvalue weighted by molar-refractivity contribution is 0.0678. The first-order valence-electron chi connectivity index (χ1n) is 4.89. The predicted molar refractivity (Wildman–Crippen MR) is 59.5 cm³/mol. The normalized spacial score (nSPS) is 19.0. The van der Waals surface area contributed by atoms with Crippen LogP contribution in [0.1, 0.15) is 13.8 Å². The van der Waals surface area contributed by atoms with E-state index in [0.717, 1.165) is 37.7 Å². The standard InChI is InChI=1S/C11H18N2O/c1-10(2)4-5-12-11(3)13-6-8-14-9-7-13/h4-5H,1,6-9H2,2-3H3/b5-4-,12-11?. The first-order chi connectivity index (χ1) is 6.70. The number of hydrogen-bond donors (Lipinski definition) is 0. The second kappa shape index (κ2) is 5.60. The third kappa shape index (κ3) is 3.75. The fraction of sp³-hybridized carbons (Fsp3) is 0.545. The van der Waals surface area contributed by atoms with Gasteiger partial charge in [0.25, 0.3) is 0 Å². The minimum atomic E-state index is 0.803. The summed E-state index contributed by atoms with van der Waals surface area (Å²) in [5.74, 6) is 1.05. The van der Waals surface area contributed by atoms with Gasteiger partial charge in [0.2, 0.25) is 0 Å². The van der Waals surface area contributed by atoms with Gasteiger partial charge in [0.1, 0.15) is 5.84 Å². The summed E-state index contributed by atoms with van der Waals surface area (Å²) in [4.78, 5) is 6.56. The van der Waals surface area contributed by atoms with Crippen LogP contribution in [0.5, 0.6) is 0 Å². The van der Waals surface area contributed by atoms with E-state index in [4.69, 9.17) is 4.74 Å². The summed E-state index contributed by atoms with van der Waals surface area (Å²) in [5, 5.41) is 0. The summed E-state index contributed by atoms with van der Waals surface area (Å²) < 4.78 is 5.26. The van der Waals surface area contributed by atoms with Crippen LogP contribution >= 0.6 is 0 Å². The highest BCUT2D eigenvalue weighted by molar-refractivity contribution is 5.80. The molecule has 0 atom stereocenters. The second-order valence-corrected chi connectivity index (χ2v) is 3.44. The van der Waals surface area contributed by atoms with Gasteiger partial charge in [-0.25, -0.2) is 4.99 Å². The maximum Gasteiger partial charge on any atom is 0.101 e. The molecular weight excluding hydrogens is 176 g/mol. The zero-order valence-corrected chi connectivity index (χ0v) is 8.99. The minimum Gasteiger partial charge on any atom is -0.378 e. The Morgan fingerprint density at radius 3 is 2.57 bits per heavy atom. The van der Waals surface area contributed by atoms with Crippen molar-refractivity contribution in [3.63, 3.8) is 0 Å².